The predicted molar refractivity (Wildman–Crippen MR) is 92.5 cm³/mol. The van der Waals surface area contributed by atoms with Gasteiger partial charge in [0, 0.05) is 25.7 Å². The van der Waals surface area contributed by atoms with Crippen LogP contribution in [0.25, 0.3) is 0 Å². The zero-order valence-corrected chi connectivity index (χ0v) is 14.8. The summed E-state index contributed by atoms with van der Waals surface area (Å²) in [6.45, 7) is 3.58. The standard InChI is InChI=1S/C20H25F3N2O/c21-20(22,23)17-6-2-1-5-15(17)10-19(26)25-12-14-9-16(13-25)18-7-3-4-8-24(18)11-14/h1-2,5-6,14,16,18H,3-4,7-13H2/t14-,16-,18+/m1/s1. The van der Waals surface area contributed by atoms with E-state index in [-0.39, 0.29) is 17.9 Å². The summed E-state index contributed by atoms with van der Waals surface area (Å²) in [7, 11) is 0. The Bertz CT molecular complexity index is 675. The minimum atomic E-state index is -4.42. The molecule has 6 heteroatoms. The highest BCUT2D eigenvalue weighted by Gasteiger charge is 2.42. The lowest BCUT2D eigenvalue weighted by atomic mass is 9.76. The van der Waals surface area contributed by atoms with Crippen molar-refractivity contribution in [3.63, 3.8) is 0 Å². The lowest BCUT2D eigenvalue weighted by molar-refractivity contribution is -0.140. The number of halogens is 3. The van der Waals surface area contributed by atoms with Crippen LogP contribution in [0.15, 0.2) is 24.3 Å². The van der Waals surface area contributed by atoms with Gasteiger partial charge in [0.25, 0.3) is 0 Å². The Morgan fingerprint density at radius 2 is 1.92 bits per heavy atom. The van der Waals surface area contributed by atoms with Crippen LogP contribution in [0, 0.1) is 11.8 Å². The number of hydrogen-bond acceptors (Lipinski definition) is 2. The summed E-state index contributed by atoms with van der Waals surface area (Å²) in [6.07, 6.45) is 0.268. The van der Waals surface area contributed by atoms with E-state index in [0.717, 1.165) is 25.6 Å². The SMILES string of the molecule is O=C(Cc1ccccc1C(F)(F)F)N1C[C@@H]2C[C@H](C1)[C@@H]1CCCCN1C2. The second-order valence-corrected chi connectivity index (χ2v) is 8.05. The molecule has 0 radical (unpaired) electrons. The predicted octanol–water partition coefficient (Wildman–Crippen LogP) is 3.58. The third-order valence-corrected chi connectivity index (χ3v) is 6.29. The molecule has 0 N–H and O–H groups in total. The number of benzene rings is 1. The van der Waals surface area contributed by atoms with Crippen LogP contribution >= 0.6 is 0 Å². The van der Waals surface area contributed by atoms with E-state index in [2.05, 4.69) is 4.90 Å². The Labute approximate surface area is 152 Å². The van der Waals surface area contributed by atoms with Crippen molar-refractivity contribution in [3.8, 4) is 0 Å². The fraction of sp³-hybridized carbons (Fsp3) is 0.650. The van der Waals surface area contributed by atoms with Gasteiger partial charge in [-0.2, -0.15) is 13.2 Å². The molecular formula is C20H25F3N2O. The fourth-order valence-corrected chi connectivity index (χ4v) is 5.20. The quantitative estimate of drug-likeness (QED) is 0.799. The van der Waals surface area contributed by atoms with Crippen molar-refractivity contribution in [2.45, 2.75) is 44.3 Å². The van der Waals surface area contributed by atoms with Gasteiger partial charge in [-0.05, 0) is 49.3 Å². The fourth-order valence-electron chi connectivity index (χ4n) is 5.20. The molecule has 3 heterocycles. The van der Waals surface area contributed by atoms with Gasteiger partial charge in [0.05, 0.1) is 12.0 Å². The van der Waals surface area contributed by atoms with Crippen LogP contribution in [-0.4, -0.2) is 47.9 Å². The average Bonchev–Trinajstić information content (AvgIpc) is 2.61. The maximum absolute atomic E-state index is 13.2. The highest BCUT2D eigenvalue weighted by atomic mass is 19.4. The molecule has 3 fully saturated rings. The topological polar surface area (TPSA) is 23.6 Å². The maximum atomic E-state index is 13.2. The molecule has 3 atom stereocenters. The number of alkyl halides is 3. The molecule has 26 heavy (non-hydrogen) atoms. The second-order valence-electron chi connectivity index (χ2n) is 8.05. The molecule has 3 aliphatic rings. The van der Waals surface area contributed by atoms with E-state index in [1.54, 1.807) is 6.07 Å². The summed E-state index contributed by atoms with van der Waals surface area (Å²) in [5.74, 6) is 0.773. The van der Waals surface area contributed by atoms with E-state index in [4.69, 9.17) is 0 Å². The molecule has 3 saturated heterocycles. The highest BCUT2D eigenvalue weighted by molar-refractivity contribution is 5.79. The number of likely N-dealkylation sites (tertiary alicyclic amines) is 1. The second kappa shape index (κ2) is 6.87. The number of piperidine rings is 3. The summed E-state index contributed by atoms with van der Waals surface area (Å²) >= 11 is 0. The molecular weight excluding hydrogens is 341 g/mol. The summed E-state index contributed by atoms with van der Waals surface area (Å²) in [5, 5.41) is 0. The number of carbonyl (C=O) groups is 1. The van der Waals surface area contributed by atoms with Crippen LogP contribution in [0.3, 0.4) is 0 Å². The molecule has 4 rings (SSSR count). The molecule has 142 valence electrons. The van der Waals surface area contributed by atoms with Gasteiger partial charge in [0.15, 0.2) is 0 Å². The van der Waals surface area contributed by atoms with Crippen molar-refractivity contribution in [1.82, 2.24) is 9.80 Å². The van der Waals surface area contributed by atoms with Crippen LogP contribution in [0.1, 0.15) is 36.8 Å². The molecule has 3 aliphatic heterocycles. The largest absolute Gasteiger partial charge is 0.416 e. The number of amides is 1. The zero-order chi connectivity index (χ0) is 18.3. The Morgan fingerprint density at radius 1 is 1.12 bits per heavy atom. The first-order valence-corrected chi connectivity index (χ1v) is 9.59. The van der Waals surface area contributed by atoms with E-state index >= 15 is 0 Å². The Hall–Kier alpha value is -1.56. The Balaban J connectivity index is 1.47. The van der Waals surface area contributed by atoms with Gasteiger partial charge in [-0.1, -0.05) is 24.6 Å². The van der Waals surface area contributed by atoms with Crippen molar-refractivity contribution in [2.75, 3.05) is 26.2 Å². The highest BCUT2D eigenvalue weighted by Crippen LogP contribution is 2.38. The third kappa shape index (κ3) is 3.48. The molecule has 0 aliphatic carbocycles. The molecule has 1 amide bonds. The van der Waals surface area contributed by atoms with Gasteiger partial charge >= 0.3 is 6.18 Å². The number of rotatable bonds is 2. The Kier molecular flexibility index (Phi) is 4.71. The average molecular weight is 366 g/mol. The van der Waals surface area contributed by atoms with Gasteiger partial charge in [0.2, 0.25) is 5.91 Å². The summed E-state index contributed by atoms with van der Waals surface area (Å²) in [6, 6.07) is 5.99. The molecule has 3 nitrogen and oxygen atoms in total. The van der Waals surface area contributed by atoms with E-state index < -0.39 is 11.7 Å². The van der Waals surface area contributed by atoms with Gasteiger partial charge in [-0.15, -0.1) is 0 Å². The lowest BCUT2D eigenvalue weighted by Gasteiger charge is -2.52. The maximum Gasteiger partial charge on any atom is 0.416 e. The summed E-state index contributed by atoms with van der Waals surface area (Å²) < 4.78 is 39.6. The molecule has 1 aromatic carbocycles. The molecule has 0 unspecified atom stereocenters. The minimum Gasteiger partial charge on any atom is -0.342 e. The van der Waals surface area contributed by atoms with Crippen LogP contribution < -0.4 is 0 Å². The number of hydrogen-bond donors (Lipinski definition) is 0. The van der Waals surface area contributed by atoms with Crippen LogP contribution in [0.2, 0.25) is 0 Å². The number of carbonyl (C=O) groups excluding carboxylic acids is 1. The van der Waals surface area contributed by atoms with Gasteiger partial charge in [-0.25, -0.2) is 0 Å². The zero-order valence-electron chi connectivity index (χ0n) is 14.8. The van der Waals surface area contributed by atoms with Crippen LogP contribution in [0.4, 0.5) is 13.2 Å². The van der Waals surface area contributed by atoms with E-state index in [9.17, 15) is 18.0 Å². The molecule has 0 spiro atoms. The molecule has 0 aromatic heterocycles. The van der Waals surface area contributed by atoms with Crippen LogP contribution in [-0.2, 0) is 17.4 Å². The first kappa shape index (κ1) is 17.8. The smallest absolute Gasteiger partial charge is 0.342 e. The van der Waals surface area contributed by atoms with Crippen molar-refractivity contribution < 1.29 is 18.0 Å². The van der Waals surface area contributed by atoms with Crippen molar-refractivity contribution in [2.24, 2.45) is 11.8 Å². The van der Waals surface area contributed by atoms with E-state index in [0.29, 0.717) is 31.0 Å². The number of fused-ring (bicyclic) bond motifs is 4. The minimum absolute atomic E-state index is 0.0834. The van der Waals surface area contributed by atoms with Gasteiger partial charge in [-0.3, -0.25) is 9.69 Å². The lowest BCUT2D eigenvalue weighted by Crippen LogP contribution is -2.60. The van der Waals surface area contributed by atoms with Gasteiger partial charge in [0.1, 0.15) is 0 Å². The van der Waals surface area contributed by atoms with E-state index in [1.807, 2.05) is 4.90 Å². The molecule has 1 aromatic rings. The van der Waals surface area contributed by atoms with Crippen LogP contribution in [0.5, 0.6) is 0 Å². The first-order valence-electron chi connectivity index (χ1n) is 9.59. The normalized spacial score (nSPS) is 29.3. The van der Waals surface area contributed by atoms with Crippen molar-refractivity contribution in [3.05, 3.63) is 35.4 Å². The van der Waals surface area contributed by atoms with E-state index in [1.165, 1.54) is 31.4 Å². The molecule has 2 bridgehead atoms. The summed E-state index contributed by atoms with van der Waals surface area (Å²) in [5.41, 5.74) is -0.607. The first-order chi connectivity index (χ1) is 12.4. The molecule has 0 saturated carbocycles. The summed E-state index contributed by atoms with van der Waals surface area (Å²) in [4.78, 5) is 17.2. The van der Waals surface area contributed by atoms with Gasteiger partial charge < -0.3 is 4.90 Å². The number of nitrogens with zero attached hydrogens (tertiary/aromatic N) is 2. The van der Waals surface area contributed by atoms with Crippen molar-refractivity contribution >= 4 is 5.91 Å². The monoisotopic (exact) mass is 366 g/mol. The Morgan fingerprint density at radius 3 is 2.73 bits per heavy atom. The van der Waals surface area contributed by atoms with Crippen molar-refractivity contribution in [1.29, 1.82) is 0 Å². The third-order valence-electron chi connectivity index (χ3n) is 6.29.